The number of aliphatic hydroxyl groups excluding tert-OH is 3. The molecule has 4 N–H and O–H groups in total. The molecule has 1 fully saturated rings. The molecule has 0 aromatic heterocycles. The quantitative estimate of drug-likeness (QED) is 0.0196. The molecule has 0 spiro atoms. The summed E-state index contributed by atoms with van der Waals surface area (Å²) in [5.41, 5.74) is 0. The van der Waals surface area contributed by atoms with E-state index in [1.165, 1.54) is 135 Å². The Morgan fingerprint density at radius 1 is 0.513 bits per heavy atom. The van der Waals surface area contributed by atoms with Crippen molar-refractivity contribution in [1.29, 1.82) is 0 Å². The van der Waals surface area contributed by atoms with Crippen LogP contribution in [0.1, 0.15) is 258 Å². The summed E-state index contributed by atoms with van der Waals surface area (Å²) >= 11 is 0. The van der Waals surface area contributed by atoms with Crippen LogP contribution < -0.4 is 0 Å². The molecule has 1 heterocycles. The lowest BCUT2D eigenvalue weighted by Gasteiger charge is -2.41. The Labute approximate surface area is 464 Å². The Kier molecular flexibility index (Phi) is 50.1. The third kappa shape index (κ3) is 45.4. The monoisotopic (exact) mass is 1090 g/mol. The maximum absolute atomic E-state index is 13.0. The highest BCUT2D eigenvalue weighted by atomic mass is 32.3. The van der Waals surface area contributed by atoms with E-state index in [4.69, 9.17) is 18.9 Å². The van der Waals surface area contributed by atoms with Crippen molar-refractivity contribution in [2.75, 3.05) is 26.4 Å². The lowest BCUT2D eigenvalue weighted by Crippen LogP contribution is -2.60. The summed E-state index contributed by atoms with van der Waals surface area (Å²) in [4.78, 5) is 13.0. The van der Waals surface area contributed by atoms with Crippen LogP contribution in [0.3, 0.4) is 0 Å². The zero-order valence-corrected chi connectivity index (χ0v) is 48.9. The Hall–Kier alpha value is -2.46. The van der Waals surface area contributed by atoms with Crippen LogP contribution in [-0.2, 0) is 38.3 Å². The molecule has 0 radical (unpaired) electrons. The molecule has 0 aromatic rings. The summed E-state index contributed by atoms with van der Waals surface area (Å²) in [7, 11) is -5.07. The molecule has 1 aliphatic heterocycles. The van der Waals surface area contributed by atoms with Gasteiger partial charge in [-0.1, -0.05) is 260 Å². The average Bonchev–Trinajstić information content (AvgIpc) is 3.40. The van der Waals surface area contributed by atoms with Gasteiger partial charge in [0.15, 0.2) is 6.29 Å². The maximum atomic E-state index is 13.0. The number of aliphatic hydroxyl groups is 3. The van der Waals surface area contributed by atoms with E-state index in [9.17, 15) is 33.1 Å². The fourth-order valence-electron chi connectivity index (χ4n) is 9.27. The Morgan fingerprint density at radius 2 is 0.908 bits per heavy atom. The Bertz CT molecular complexity index is 1590. The minimum atomic E-state index is -5.07. The third-order valence-electron chi connectivity index (χ3n) is 13.8. The number of esters is 1. The number of hydrogen-bond donors (Lipinski definition) is 4. The molecule has 442 valence electrons. The normalized spacial score (nSPS) is 19.1. The predicted octanol–water partition coefficient (Wildman–Crippen LogP) is 15.8. The van der Waals surface area contributed by atoms with Crippen molar-refractivity contribution in [2.24, 2.45) is 0 Å². The standard InChI is InChI=1S/C63H112O12S/c1-3-5-7-9-11-13-15-17-19-21-23-25-27-29-30-32-34-36-38-40-42-44-46-48-50-52-59(65)73-57(56-72-63-61(67)62(75-76(68,69)70)60(66)58(54-64)74-63)55-71-53-51-49-47-45-43-41-39-37-35-33-31-28-26-24-22-20-18-16-14-12-10-8-6-4-2/h5,7,11,13,17,19,23,25,29-30,34,36,57-58,60-64,66-67H,3-4,6,8-10,12,14-16,18,20-22,24,26-28,31-33,35,37-56H2,1-2H3,(H,68,69,70)/b7-5-,13-11-,19-17-,25-23-,30-29-,36-34-. The SMILES string of the molecule is CC/C=C\C/C=C\C/C=C\C/C=C\C/C=C\C/C=C\CCCCCCCCC(=O)OC(COCCCCCCCCCCCCCCCCCCCCCCCCCC)COC1OC(CO)C(O)C(OS(=O)(=O)O)C1O. The van der Waals surface area contributed by atoms with Crippen LogP contribution >= 0.6 is 0 Å². The summed E-state index contributed by atoms with van der Waals surface area (Å²) < 4.78 is 59.5. The van der Waals surface area contributed by atoms with Crippen LogP contribution in [0.15, 0.2) is 72.9 Å². The minimum Gasteiger partial charge on any atom is -0.457 e. The number of rotatable bonds is 54. The van der Waals surface area contributed by atoms with Crippen molar-refractivity contribution in [1.82, 2.24) is 0 Å². The zero-order valence-electron chi connectivity index (χ0n) is 48.1. The summed E-state index contributed by atoms with van der Waals surface area (Å²) in [6.07, 6.45) is 62.3. The largest absolute Gasteiger partial charge is 0.457 e. The molecule has 6 atom stereocenters. The van der Waals surface area contributed by atoms with Gasteiger partial charge in [0.1, 0.15) is 30.5 Å². The van der Waals surface area contributed by atoms with Crippen molar-refractivity contribution >= 4 is 16.4 Å². The first kappa shape index (κ1) is 71.6. The predicted molar refractivity (Wildman–Crippen MR) is 312 cm³/mol. The average molecular weight is 1090 g/mol. The van der Waals surface area contributed by atoms with E-state index < -0.39 is 59.8 Å². The number of carbonyl (C=O) groups excluding carboxylic acids is 1. The fraction of sp³-hybridized carbons (Fsp3) is 0.794. The lowest BCUT2D eigenvalue weighted by molar-refractivity contribution is -0.301. The van der Waals surface area contributed by atoms with Gasteiger partial charge in [0.05, 0.1) is 19.8 Å². The highest BCUT2D eigenvalue weighted by Gasteiger charge is 2.48. The first-order chi connectivity index (χ1) is 37.1. The number of ether oxygens (including phenoxy) is 4. The third-order valence-corrected chi connectivity index (χ3v) is 14.3. The molecule has 1 saturated heterocycles. The highest BCUT2D eigenvalue weighted by Crippen LogP contribution is 2.26. The molecule has 1 rings (SSSR count). The molecule has 13 heteroatoms. The van der Waals surface area contributed by atoms with Gasteiger partial charge in [0.2, 0.25) is 0 Å². The van der Waals surface area contributed by atoms with E-state index in [0.717, 1.165) is 96.3 Å². The van der Waals surface area contributed by atoms with E-state index in [-0.39, 0.29) is 19.6 Å². The summed E-state index contributed by atoms with van der Waals surface area (Å²) in [5, 5.41) is 30.9. The molecule has 0 bridgehead atoms. The van der Waals surface area contributed by atoms with Crippen LogP contribution in [0, 0.1) is 0 Å². The van der Waals surface area contributed by atoms with E-state index >= 15 is 0 Å². The van der Waals surface area contributed by atoms with Gasteiger partial charge in [-0.3, -0.25) is 9.35 Å². The molecule has 12 nitrogen and oxygen atoms in total. The molecule has 1 aliphatic rings. The summed E-state index contributed by atoms with van der Waals surface area (Å²) in [6.45, 7) is 3.90. The smallest absolute Gasteiger partial charge is 0.397 e. The molecular formula is C63H112O12S. The van der Waals surface area contributed by atoms with Crippen molar-refractivity contribution < 1.29 is 56.2 Å². The second-order valence-electron chi connectivity index (χ2n) is 20.9. The van der Waals surface area contributed by atoms with Gasteiger partial charge in [-0.25, -0.2) is 4.18 Å². The van der Waals surface area contributed by atoms with Crippen molar-refractivity contribution in [3.63, 3.8) is 0 Å². The van der Waals surface area contributed by atoms with Crippen molar-refractivity contribution in [2.45, 2.75) is 295 Å². The second kappa shape index (κ2) is 53.2. The number of hydrogen-bond acceptors (Lipinski definition) is 11. The van der Waals surface area contributed by atoms with Gasteiger partial charge in [-0.2, -0.15) is 8.42 Å². The van der Waals surface area contributed by atoms with Crippen molar-refractivity contribution in [3.8, 4) is 0 Å². The highest BCUT2D eigenvalue weighted by molar-refractivity contribution is 7.80. The van der Waals surface area contributed by atoms with Gasteiger partial charge in [-0.05, 0) is 64.2 Å². The second-order valence-corrected chi connectivity index (χ2v) is 22.0. The van der Waals surface area contributed by atoms with Crippen LogP contribution in [0.4, 0.5) is 0 Å². The van der Waals surface area contributed by atoms with Gasteiger partial charge in [0, 0.05) is 13.0 Å². The van der Waals surface area contributed by atoms with Gasteiger partial charge in [-0.15, -0.1) is 0 Å². The first-order valence-corrected chi connectivity index (χ1v) is 32.1. The Balaban J connectivity index is 2.29. The van der Waals surface area contributed by atoms with E-state index in [2.05, 4.69) is 90.9 Å². The van der Waals surface area contributed by atoms with Crippen LogP contribution in [-0.4, -0.2) is 97.5 Å². The topological polar surface area (TPSA) is 178 Å². The van der Waals surface area contributed by atoms with Gasteiger partial charge < -0.3 is 34.3 Å². The number of carbonyl (C=O) groups is 1. The van der Waals surface area contributed by atoms with Crippen LogP contribution in [0.2, 0.25) is 0 Å². The van der Waals surface area contributed by atoms with Gasteiger partial charge >= 0.3 is 16.4 Å². The molecule has 76 heavy (non-hydrogen) atoms. The van der Waals surface area contributed by atoms with Crippen LogP contribution in [0.25, 0.3) is 0 Å². The Morgan fingerprint density at radius 3 is 1.33 bits per heavy atom. The molecule has 6 unspecified atom stereocenters. The summed E-state index contributed by atoms with van der Waals surface area (Å²) in [5.74, 6) is -0.411. The zero-order chi connectivity index (χ0) is 55.3. The number of unbranched alkanes of at least 4 members (excludes halogenated alkanes) is 29. The molecule has 0 aliphatic carbocycles. The molecule has 0 saturated carbocycles. The first-order valence-electron chi connectivity index (χ1n) is 30.7. The summed E-state index contributed by atoms with van der Waals surface area (Å²) in [6, 6.07) is 0. The molecule has 0 aromatic carbocycles. The molecular weight excluding hydrogens is 981 g/mol. The van der Waals surface area contributed by atoms with Crippen molar-refractivity contribution in [3.05, 3.63) is 72.9 Å². The maximum Gasteiger partial charge on any atom is 0.397 e. The lowest BCUT2D eigenvalue weighted by atomic mass is 9.99. The van der Waals surface area contributed by atoms with E-state index in [1.807, 2.05) is 0 Å². The van der Waals surface area contributed by atoms with Gasteiger partial charge in [0.25, 0.3) is 0 Å². The fourth-order valence-corrected chi connectivity index (χ4v) is 9.78. The number of allylic oxidation sites excluding steroid dienone is 12. The van der Waals surface area contributed by atoms with Crippen LogP contribution in [0.5, 0.6) is 0 Å². The van der Waals surface area contributed by atoms with E-state index in [0.29, 0.717) is 13.0 Å². The molecule has 0 amide bonds. The van der Waals surface area contributed by atoms with E-state index in [1.54, 1.807) is 0 Å². The minimum absolute atomic E-state index is 0.0294.